The minimum absolute atomic E-state index is 0.520. The van der Waals surface area contributed by atoms with E-state index in [1.54, 1.807) is 0 Å². The Kier molecular flexibility index (Phi) is 4.40. The van der Waals surface area contributed by atoms with Crippen LogP contribution in [-0.2, 0) is 7.05 Å². The number of rotatable bonds is 4. The van der Waals surface area contributed by atoms with Gasteiger partial charge in [0.2, 0.25) is 0 Å². The van der Waals surface area contributed by atoms with E-state index in [1.165, 1.54) is 30.6 Å². The third-order valence-corrected chi connectivity index (χ3v) is 4.03. The molecular weight excluding hydrogens is 224 g/mol. The lowest BCUT2D eigenvalue weighted by Gasteiger charge is -2.39. The molecule has 1 aromatic rings. The molecule has 2 heterocycles. The van der Waals surface area contributed by atoms with Crippen LogP contribution < -0.4 is 5.32 Å². The molecule has 4 nitrogen and oxygen atoms in total. The monoisotopic (exact) mass is 250 g/mol. The molecule has 1 saturated heterocycles. The van der Waals surface area contributed by atoms with E-state index >= 15 is 0 Å². The van der Waals surface area contributed by atoms with Crippen molar-refractivity contribution in [3.63, 3.8) is 0 Å². The Morgan fingerprint density at radius 2 is 2.22 bits per heavy atom. The lowest BCUT2D eigenvalue weighted by molar-refractivity contribution is 0.119. The van der Waals surface area contributed by atoms with Crippen molar-refractivity contribution in [1.82, 2.24) is 20.0 Å². The van der Waals surface area contributed by atoms with Gasteiger partial charge in [-0.3, -0.25) is 9.58 Å². The van der Waals surface area contributed by atoms with Gasteiger partial charge in [0, 0.05) is 24.8 Å². The van der Waals surface area contributed by atoms with Crippen molar-refractivity contribution in [2.45, 2.75) is 32.7 Å². The van der Waals surface area contributed by atoms with Crippen LogP contribution >= 0.6 is 0 Å². The highest BCUT2D eigenvalue weighted by Gasteiger charge is 2.32. The molecule has 2 atom stereocenters. The summed E-state index contributed by atoms with van der Waals surface area (Å²) in [7, 11) is 4.26. The second-order valence-corrected chi connectivity index (χ2v) is 5.48. The fourth-order valence-corrected chi connectivity index (χ4v) is 3.20. The van der Waals surface area contributed by atoms with Crippen LogP contribution in [-0.4, -0.2) is 41.4 Å². The van der Waals surface area contributed by atoms with Crippen LogP contribution in [0, 0.1) is 12.8 Å². The largest absolute Gasteiger partial charge is 0.317 e. The number of aromatic nitrogens is 2. The summed E-state index contributed by atoms with van der Waals surface area (Å²) >= 11 is 0. The van der Waals surface area contributed by atoms with Gasteiger partial charge in [-0.2, -0.15) is 5.10 Å². The number of hydrogen-bond acceptors (Lipinski definition) is 3. The summed E-state index contributed by atoms with van der Waals surface area (Å²) in [5, 5.41) is 8.02. The standard InChI is InChI=1S/C14H26N4/c1-5-15-9-12-7-6-8-17(3)14(12)13-10-18(4)16-11(13)2/h10,12,14-15H,5-9H2,1-4H3. The van der Waals surface area contributed by atoms with E-state index in [-0.39, 0.29) is 0 Å². The molecule has 0 spiro atoms. The third kappa shape index (κ3) is 2.75. The second kappa shape index (κ2) is 5.85. The molecule has 0 amide bonds. The lowest BCUT2D eigenvalue weighted by Crippen LogP contribution is -2.40. The molecule has 18 heavy (non-hydrogen) atoms. The van der Waals surface area contributed by atoms with Crippen LogP contribution in [0.3, 0.4) is 0 Å². The Morgan fingerprint density at radius 1 is 1.44 bits per heavy atom. The maximum Gasteiger partial charge on any atom is 0.0641 e. The van der Waals surface area contributed by atoms with Gasteiger partial charge in [-0.05, 0) is 52.4 Å². The number of aryl methyl sites for hydroxylation is 2. The van der Waals surface area contributed by atoms with Crippen molar-refractivity contribution in [2.75, 3.05) is 26.7 Å². The SMILES string of the molecule is CCNCC1CCCN(C)C1c1cn(C)nc1C. The van der Waals surface area contributed by atoms with Gasteiger partial charge < -0.3 is 5.32 Å². The average molecular weight is 250 g/mol. The molecule has 1 aliphatic heterocycles. The van der Waals surface area contributed by atoms with Crippen LogP contribution in [0.2, 0.25) is 0 Å². The summed E-state index contributed by atoms with van der Waals surface area (Å²) in [5.41, 5.74) is 2.58. The first-order valence-electron chi connectivity index (χ1n) is 7.04. The fraction of sp³-hybridized carbons (Fsp3) is 0.786. The van der Waals surface area contributed by atoms with E-state index in [1.807, 2.05) is 11.7 Å². The maximum atomic E-state index is 4.51. The molecular formula is C14H26N4. The summed E-state index contributed by atoms with van der Waals surface area (Å²) in [5.74, 6) is 0.701. The van der Waals surface area contributed by atoms with E-state index in [9.17, 15) is 0 Å². The van der Waals surface area contributed by atoms with Crippen LogP contribution in [0.1, 0.15) is 37.1 Å². The van der Waals surface area contributed by atoms with Crippen LogP contribution in [0.5, 0.6) is 0 Å². The Hall–Kier alpha value is -0.870. The first kappa shape index (κ1) is 13.6. The summed E-state index contributed by atoms with van der Waals surface area (Å²) in [6.07, 6.45) is 4.82. The lowest BCUT2D eigenvalue weighted by atomic mass is 9.85. The number of likely N-dealkylation sites (tertiary alicyclic amines) is 1. The molecule has 4 heteroatoms. The van der Waals surface area contributed by atoms with Gasteiger partial charge in [0.1, 0.15) is 0 Å². The van der Waals surface area contributed by atoms with Crippen LogP contribution in [0.25, 0.3) is 0 Å². The Bertz CT molecular complexity index is 385. The zero-order valence-corrected chi connectivity index (χ0v) is 12.1. The van der Waals surface area contributed by atoms with E-state index in [0.29, 0.717) is 12.0 Å². The molecule has 1 aliphatic rings. The smallest absolute Gasteiger partial charge is 0.0641 e. The zero-order chi connectivity index (χ0) is 13.1. The van der Waals surface area contributed by atoms with Crippen molar-refractivity contribution in [1.29, 1.82) is 0 Å². The summed E-state index contributed by atoms with van der Waals surface area (Å²) in [6, 6.07) is 0.520. The molecule has 0 aliphatic carbocycles. The molecule has 2 rings (SSSR count). The predicted molar refractivity (Wildman–Crippen MR) is 74.6 cm³/mol. The molecule has 0 aromatic carbocycles. The number of hydrogen-bond donors (Lipinski definition) is 1. The Labute approximate surface area is 110 Å². The molecule has 1 aromatic heterocycles. The van der Waals surface area contributed by atoms with Crippen molar-refractivity contribution in [3.8, 4) is 0 Å². The van der Waals surface area contributed by atoms with Gasteiger partial charge in [0.05, 0.1) is 5.69 Å². The highest BCUT2D eigenvalue weighted by atomic mass is 15.3. The average Bonchev–Trinajstić information content (AvgIpc) is 2.65. The van der Waals surface area contributed by atoms with E-state index in [4.69, 9.17) is 0 Å². The quantitative estimate of drug-likeness (QED) is 0.883. The van der Waals surface area contributed by atoms with Gasteiger partial charge >= 0.3 is 0 Å². The minimum atomic E-state index is 0.520. The molecule has 102 valence electrons. The number of nitrogens with one attached hydrogen (secondary N) is 1. The zero-order valence-electron chi connectivity index (χ0n) is 12.1. The molecule has 0 bridgehead atoms. The van der Waals surface area contributed by atoms with E-state index in [0.717, 1.165) is 13.1 Å². The van der Waals surface area contributed by atoms with E-state index in [2.05, 4.69) is 42.4 Å². The second-order valence-electron chi connectivity index (χ2n) is 5.48. The third-order valence-electron chi connectivity index (χ3n) is 4.03. The number of piperidine rings is 1. The summed E-state index contributed by atoms with van der Waals surface area (Å²) in [4.78, 5) is 2.50. The van der Waals surface area contributed by atoms with Crippen molar-refractivity contribution < 1.29 is 0 Å². The normalized spacial score (nSPS) is 25.6. The first-order chi connectivity index (χ1) is 8.63. The van der Waals surface area contributed by atoms with E-state index < -0.39 is 0 Å². The highest BCUT2D eigenvalue weighted by Crippen LogP contribution is 2.35. The molecule has 1 fully saturated rings. The van der Waals surface area contributed by atoms with Crippen LogP contribution in [0.4, 0.5) is 0 Å². The summed E-state index contributed by atoms with van der Waals surface area (Å²) < 4.78 is 1.94. The Balaban J connectivity index is 2.21. The van der Waals surface area contributed by atoms with Crippen molar-refractivity contribution >= 4 is 0 Å². The van der Waals surface area contributed by atoms with Gasteiger partial charge in [0.25, 0.3) is 0 Å². The molecule has 1 N–H and O–H groups in total. The molecule has 0 saturated carbocycles. The molecule has 2 unspecified atom stereocenters. The first-order valence-corrected chi connectivity index (χ1v) is 7.04. The van der Waals surface area contributed by atoms with Gasteiger partial charge in [0.15, 0.2) is 0 Å². The predicted octanol–water partition coefficient (Wildman–Crippen LogP) is 1.72. The van der Waals surface area contributed by atoms with Gasteiger partial charge in [-0.25, -0.2) is 0 Å². The van der Waals surface area contributed by atoms with Crippen LogP contribution in [0.15, 0.2) is 6.20 Å². The topological polar surface area (TPSA) is 33.1 Å². The minimum Gasteiger partial charge on any atom is -0.317 e. The molecule has 0 radical (unpaired) electrons. The maximum absolute atomic E-state index is 4.51. The highest BCUT2D eigenvalue weighted by molar-refractivity contribution is 5.22. The van der Waals surface area contributed by atoms with Crippen molar-refractivity contribution in [2.24, 2.45) is 13.0 Å². The van der Waals surface area contributed by atoms with Gasteiger partial charge in [-0.15, -0.1) is 0 Å². The van der Waals surface area contributed by atoms with Gasteiger partial charge in [-0.1, -0.05) is 6.92 Å². The van der Waals surface area contributed by atoms with Crippen molar-refractivity contribution in [3.05, 3.63) is 17.5 Å². The number of nitrogens with zero attached hydrogens (tertiary/aromatic N) is 3. The fourth-order valence-electron chi connectivity index (χ4n) is 3.20. The summed E-state index contributed by atoms with van der Waals surface area (Å²) in [6.45, 7) is 7.67. The Morgan fingerprint density at radius 3 is 2.83 bits per heavy atom.